The molecule has 15 heavy (non-hydrogen) atoms. The van der Waals surface area contributed by atoms with Crippen molar-refractivity contribution in [1.29, 1.82) is 0 Å². The lowest BCUT2D eigenvalue weighted by atomic mass is 9.77. The van der Waals surface area contributed by atoms with Gasteiger partial charge in [-0.3, -0.25) is 0 Å². The Kier molecular flexibility index (Phi) is 4.01. The van der Waals surface area contributed by atoms with Crippen LogP contribution in [0.15, 0.2) is 0 Å². The molecule has 2 heterocycles. The highest BCUT2D eigenvalue weighted by Gasteiger charge is 2.47. The molecule has 0 aliphatic carbocycles. The lowest BCUT2D eigenvalue weighted by Crippen LogP contribution is -2.58. The van der Waals surface area contributed by atoms with E-state index in [2.05, 4.69) is 5.32 Å². The Morgan fingerprint density at radius 2 is 1.93 bits per heavy atom. The minimum absolute atomic E-state index is 0. The van der Waals surface area contributed by atoms with Gasteiger partial charge in [0, 0.05) is 6.42 Å². The van der Waals surface area contributed by atoms with Crippen molar-refractivity contribution in [3.05, 3.63) is 0 Å². The van der Waals surface area contributed by atoms with Crippen molar-refractivity contribution in [1.82, 2.24) is 5.32 Å². The van der Waals surface area contributed by atoms with Gasteiger partial charge in [-0.25, -0.2) is 0 Å². The van der Waals surface area contributed by atoms with E-state index in [4.69, 9.17) is 4.74 Å². The summed E-state index contributed by atoms with van der Waals surface area (Å²) < 4.78 is 5.70. The van der Waals surface area contributed by atoms with Crippen molar-refractivity contribution in [2.24, 2.45) is 0 Å². The second-order valence-electron chi connectivity index (χ2n) is 4.79. The van der Waals surface area contributed by atoms with Gasteiger partial charge in [-0.15, -0.1) is 12.4 Å². The van der Waals surface area contributed by atoms with Crippen LogP contribution in [0.1, 0.15) is 26.2 Å². The molecule has 2 aliphatic heterocycles. The molecule has 2 aliphatic rings. The topological polar surface area (TPSA) is 61.7 Å². The third-order valence-electron chi connectivity index (χ3n) is 3.46. The summed E-state index contributed by atoms with van der Waals surface area (Å²) in [4.78, 5) is 0. The van der Waals surface area contributed by atoms with Crippen LogP contribution in [-0.4, -0.2) is 47.2 Å². The molecule has 0 bridgehead atoms. The first kappa shape index (κ1) is 13.2. The zero-order chi connectivity index (χ0) is 10.2. The van der Waals surface area contributed by atoms with E-state index in [0.717, 1.165) is 25.9 Å². The number of aliphatic hydroxyl groups excluding tert-OH is 1. The molecule has 3 N–H and O–H groups in total. The predicted octanol–water partition coefficient (Wildman–Crippen LogP) is 0.0626. The molecular weight excluding hydrogens is 218 g/mol. The number of rotatable bonds is 0. The van der Waals surface area contributed by atoms with E-state index in [-0.39, 0.29) is 24.6 Å². The molecule has 2 fully saturated rings. The van der Waals surface area contributed by atoms with Crippen LogP contribution in [0.5, 0.6) is 0 Å². The van der Waals surface area contributed by atoms with Crippen LogP contribution in [0.25, 0.3) is 0 Å². The highest BCUT2D eigenvalue weighted by atomic mass is 35.5. The Hall–Kier alpha value is 0.130. The maximum atomic E-state index is 10.0. The Morgan fingerprint density at radius 1 is 1.33 bits per heavy atom. The van der Waals surface area contributed by atoms with Gasteiger partial charge in [0.1, 0.15) is 6.10 Å². The first-order valence-electron chi connectivity index (χ1n) is 5.29. The van der Waals surface area contributed by atoms with E-state index < -0.39 is 11.7 Å². The maximum Gasteiger partial charge on any atom is 0.106 e. The van der Waals surface area contributed by atoms with Crippen LogP contribution in [0.3, 0.4) is 0 Å². The van der Waals surface area contributed by atoms with Gasteiger partial charge in [0.2, 0.25) is 0 Å². The Bertz CT molecular complexity index is 217. The van der Waals surface area contributed by atoms with E-state index in [1.807, 2.05) is 0 Å². The lowest BCUT2D eigenvalue weighted by molar-refractivity contribution is -0.217. The minimum Gasteiger partial charge on any atom is -0.388 e. The van der Waals surface area contributed by atoms with Crippen molar-refractivity contribution in [2.45, 2.75) is 43.5 Å². The lowest BCUT2D eigenvalue weighted by Gasteiger charge is -2.48. The van der Waals surface area contributed by atoms with E-state index >= 15 is 0 Å². The number of piperidine rings is 1. The first-order chi connectivity index (χ1) is 6.54. The summed E-state index contributed by atoms with van der Waals surface area (Å²) >= 11 is 0. The fraction of sp³-hybridized carbons (Fsp3) is 1.00. The van der Waals surface area contributed by atoms with Crippen LogP contribution >= 0.6 is 12.4 Å². The molecule has 0 unspecified atom stereocenters. The van der Waals surface area contributed by atoms with Gasteiger partial charge in [-0.1, -0.05) is 0 Å². The van der Waals surface area contributed by atoms with E-state index in [1.54, 1.807) is 6.92 Å². The van der Waals surface area contributed by atoms with E-state index in [0.29, 0.717) is 6.42 Å². The molecular formula is C10H20ClNO3. The molecule has 0 aromatic rings. The largest absolute Gasteiger partial charge is 0.388 e. The van der Waals surface area contributed by atoms with Gasteiger partial charge in [-0.05, 0) is 32.9 Å². The quantitative estimate of drug-likeness (QED) is 0.558. The van der Waals surface area contributed by atoms with E-state index in [9.17, 15) is 10.2 Å². The Balaban J connectivity index is 0.00000112. The average molecular weight is 238 g/mol. The number of hydrogen-bond donors (Lipinski definition) is 3. The molecule has 1 spiro atoms. The fourth-order valence-electron chi connectivity index (χ4n) is 2.46. The number of nitrogens with one attached hydrogen (secondary N) is 1. The fourth-order valence-corrected chi connectivity index (χ4v) is 2.46. The van der Waals surface area contributed by atoms with Crippen molar-refractivity contribution in [3.8, 4) is 0 Å². The second-order valence-corrected chi connectivity index (χ2v) is 4.79. The number of aliphatic hydroxyl groups is 2. The van der Waals surface area contributed by atoms with Crippen molar-refractivity contribution < 1.29 is 14.9 Å². The van der Waals surface area contributed by atoms with Gasteiger partial charge >= 0.3 is 0 Å². The molecule has 0 aromatic carbocycles. The van der Waals surface area contributed by atoms with Gasteiger partial charge in [0.05, 0.1) is 17.8 Å². The highest BCUT2D eigenvalue weighted by molar-refractivity contribution is 5.85. The zero-order valence-electron chi connectivity index (χ0n) is 9.03. The van der Waals surface area contributed by atoms with Crippen LogP contribution in [0, 0.1) is 0 Å². The molecule has 0 aromatic heterocycles. The first-order valence-corrected chi connectivity index (χ1v) is 5.29. The zero-order valence-corrected chi connectivity index (χ0v) is 9.85. The smallest absolute Gasteiger partial charge is 0.106 e. The number of ether oxygens (including phenoxy) is 1. The molecule has 2 saturated heterocycles. The summed E-state index contributed by atoms with van der Waals surface area (Å²) in [5.74, 6) is 0. The van der Waals surface area contributed by atoms with Gasteiger partial charge < -0.3 is 20.3 Å². The summed E-state index contributed by atoms with van der Waals surface area (Å²) in [7, 11) is 0. The van der Waals surface area contributed by atoms with Crippen molar-refractivity contribution in [2.75, 3.05) is 19.7 Å². The van der Waals surface area contributed by atoms with Gasteiger partial charge in [-0.2, -0.15) is 0 Å². The molecule has 0 amide bonds. The molecule has 4 nitrogen and oxygen atoms in total. The molecule has 90 valence electrons. The Morgan fingerprint density at radius 3 is 2.47 bits per heavy atom. The molecule has 2 rings (SSSR count). The number of hydrogen-bond acceptors (Lipinski definition) is 4. The van der Waals surface area contributed by atoms with Crippen LogP contribution < -0.4 is 5.32 Å². The molecule has 5 heteroatoms. The molecule has 0 saturated carbocycles. The SMILES string of the molecule is C[C@]1(O)CC2(CCNCC2)OC[C@@H]1O.Cl. The summed E-state index contributed by atoms with van der Waals surface area (Å²) in [5.41, 5.74) is -1.19. The monoisotopic (exact) mass is 237 g/mol. The van der Waals surface area contributed by atoms with Crippen LogP contribution in [0.2, 0.25) is 0 Å². The third-order valence-corrected chi connectivity index (χ3v) is 3.46. The average Bonchev–Trinajstić information content (AvgIpc) is 2.13. The normalized spacial score (nSPS) is 39.8. The summed E-state index contributed by atoms with van der Waals surface area (Å²) in [6.45, 7) is 3.83. The van der Waals surface area contributed by atoms with Crippen LogP contribution in [0.4, 0.5) is 0 Å². The standard InChI is InChI=1S/C10H19NO3.ClH/c1-9(13)7-10(14-6-8(9)12)2-4-11-5-3-10;/h8,11-13H,2-7H2,1H3;1H/t8-,9-;/m0./s1. The summed E-state index contributed by atoms with van der Waals surface area (Å²) in [6, 6.07) is 0. The van der Waals surface area contributed by atoms with Crippen molar-refractivity contribution >= 4 is 12.4 Å². The maximum absolute atomic E-state index is 10.0. The summed E-state index contributed by atoms with van der Waals surface area (Å²) in [6.07, 6.45) is 1.65. The van der Waals surface area contributed by atoms with Crippen molar-refractivity contribution in [3.63, 3.8) is 0 Å². The third kappa shape index (κ3) is 2.63. The van der Waals surface area contributed by atoms with E-state index in [1.165, 1.54) is 0 Å². The van der Waals surface area contributed by atoms with Gasteiger partial charge in [0.25, 0.3) is 0 Å². The number of halogens is 1. The van der Waals surface area contributed by atoms with Gasteiger partial charge in [0.15, 0.2) is 0 Å². The highest BCUT2D eigenvalue weighted by Crippen LogP contribution is 2.37. The minimum atomic E-state index is -0.990. The predicted molar refractivity (Wildman–Crippen MR) is 59.3 cm³/mol. The summed E-state index contributed by atoms with van der Waals surface area (Å²) in [5, 5.41) is 22.8. The molecule has 2 atom stereocenters. The van der Waals surface area contributed by atoms with Crippen LogP contribution in [-0.2, 0) is 4.74 Å². The second kappa shape index (κ2) is 4.55. The molecule has 0 radical (unpaired) electrons. The Labute approximate surface area is 96.4 Å².